The summed E-state index contributed by atoms with van der Waals surface area (Å²) in [4.78, 5) is 17.3. The fourth-order valence-corrected chi connectivity index (χ4v) is 3.48. The van der Waals surface area contributed by atoms with E-state index in [-0.39, 0.29) is 11.8 Å². The van der Waals surface area contributed by atoms with Crippen LogP contribution in [-0.2, 0) is 4.79 Å². The third kappa shape index (κ3) is 3.81. The minimum atomic E-state index is -0.00332. The predicted molar refractivity (Wildman–Crippen MR) is 101 cm³/mol. The van der Waals surface area contributed by atoms with Crippen molar-refractivity contribution < 1.29 is 4.79 Å². The van der Waals surface area contributed by atoms with Gasteiger partial charge in [0.15, 0.2) is 5.82 Å². The molecule has 0 spiro atoms. The van der Waals surface area contributed by atoms with Crippen LogP contribution in [-0.4, -0.2) is 35.7 Å². The number of aryl methyl sites for hydroxylation is 2. The van der Waals surface area contributed by atoms with Crippen LogP contribution in [0.1, 0.15) is 31.0 Å². The Morgan fingerprint density at radius 2 is 2.00 bits per heavy atom. The molecule has 1 aliphatic heterocycles. The molecule has 1 atom stereocenters. The Morgan fingerprint density at radius 3 is 2.68 bits per heavy atom. The molecule has 0 saturated carbocycles. The Labute approximate surface area is 149 Å². The number of rotatable bonds is 4. The molecule has 1 unspecified atom stereocenters. The number of nitrogens with zero attached hydrogens (tertiary/aromatic N) is 4. The molecule has 1 aromatic heterocycles. The van der Waals surface area contributed by atoms with Crippen molar-refractivity contribution in [2.24, 2.45) is 5.92 Å². The van der Waals surface area contributed by atoms with Crippen LogP contribution >= 0.6 is 0 Å². The smallest absolute Gasteiger partial charge is 0.231 e. The van der Waals surface area contributed by atoms with E-state index in [9.17, 15) is 4.79 Å². The number of benzene rings is 1. The van der Waals surface area contributed by atoms with Gasteiger partial charge in [0.25, 0.3) is 0 Å². The molecule has 1 amide bonds. The third-order valence-corrected chi connectivity index (χ3v) is 4.87. The van der Waals surface area contributed by atoms with Crippen LogP contribution in [0.3, 0.4) is 0 Å². The third-order valence-electron chi connectivity index (χ3n) is 4.87. The molecule has 0 N–H and O–H groups in total. The maximum Gasteiger partial charge on any atom is 0.231 e. The number of amides is 1. The van der Waals surface area contributed by atoms with Gasteiger partial charge in [-0.25, -0.2) is 0 Å². The highest BCUT2D eigenvalue weighted by molar-refractivity contribution is 5.96. The van der Waals surface area contributed by atoms with Gasteiger partial charge in [0.05, 0.1) is 11.6 Å². The number of piperidine rings is 1. The van der Waals surface area contributed by atoms with Gasteiger partial charge < -0.3 is 9.80 Å². The fourth-order valence-electron chi connectivity index (χ4n) is 3.48. The van der Waals surface area contributed by atoms with Crippen molar-refractivity contribution in [1.29, 1.82) is 0 Å². The number of hydrogen-bond acceptors (Lipinski definition) is 4. The zero-order valence-electron chi connectivity index (χ0n) is 15.3. The van der Waals surface area contributed by atoms with E-state index in [2.05, 4.69) is 28.1 Å². The number of aromatic nitrogens is 2. The molecule has 2 heterocycles. The topological polar surface area (TPSA) is 49.3 Å². The molecular weight excluding hydrogens is 312 g/mol. The monoisotopic (exact) mass is 338 g/mol. The summed E-state index contributed by atoms with van der Waals surface area (Å²) in [5.74, 6) is 1.07. The van der Waals surface area contributed by atoms with Crippen molar-refractivity contribution in [1.82, 2.24) is 10.2 Å². The summed E-state index contributed by atoms with van der Waals surface area (Å²) in [5, 5.41) is 8.43. The van der Waals surface area contributed by atoms with Crippen LogP contribution < -0.4 is 9.80 Å². The van der Waals surface area contributed by atoms with Gasteiger partial charge in [-0.05, 0) is 57.4 Å². The Hall–Kier alpha value is -2.43. The van der Waals surface area contributed by atoms with E-state index in [1.807, 2.05) is 49.1 Å². The summed E-state index contributed by atoms with van der Waals surface area (Å²) in [7, 11) is 0. The summed E-state index contributed by atoms with van der Waals surface area (Å²) >= 11 is 0. The second-order valence-electron chi connectivity index (χ2n) is 6.69. The number of hydrogen-bond donors (Lipinski definition) is 0. The summed E-state index contributed by atoms with van der Waals surface area (Å²) in [6.45, 7) is 8.35. The van der Waals surface area contributed by atoms with Gasteiger partial charge in [-0.1, -0.05) is 18.2 Å². The summed E-state index contributed by atoms with van der Waals surface area (Å²) in [5.41, 5.74) is 3.06. The highest BCUT2D eigenvalue weighted by atomic mass is 16.2. The Balaban J connectivity index is 1.77. The zero-order valence-corrected chi connectivity index (χ0v) is 15.3. The lowest BCUT2D eigenvalue weighted by Gasteiger charge is -2.35. The van der Waals surface area contributed by atoms with Crippen molar-refractivity contribution >= 4 is 17.4 Å². The average Bonchev–Trinajstić information content (AvgIpc) is 2.64. The van der Waals surface area contributed by atoms with Crippen LogP contribution in [0.25, 0.3) is 0 Å². The molecule has 0 aliphatic carbocycles. The van der Waals surface area contributed by atoms with E-state index in [0.29, 0.717) is 13.1 Å². The summed E-state index contributed by atoms with van der Waals surface area (Å²) < 4.78 is 0. The van der Waals surface area contributed by atoms with Crippen molar-refractivity contribution in [2.75, 3.05) is 29.4 Å². The van der Waals surface area contributed by atoms with Crippen LogP contribution in [0.5, 0.6) is 0 Å². The highest BCUT2D eigenvalue weighted by Crippen LogP contribution is 2.26. The van der Waals surface area contributed by atoms with Gasteiger partial charge >= 0.3 is 0 Å². The first-order valence-electron chi connectivity index (χ1n) is 9.02. The normalized spacial score (nSPS) is 17.4. The van der Waals surface area contributed by atoms with Gasteiger partial charge in [-0.3, -0.25) is 4.79 Å². The molecule has 1 fully saturated rings. The van der Waals surface area contributed by atoms with Crippen molar-refractivity contribution in [3.63, 3.8) is 0 Å². The lowest BCUT2D eigenvalue weighted by Crippen LogP contribution is -2.45. The molecule has 1 aliphatic rings. The van der Waals surface area contributed by atoms with Crippen LogP contribution in [0.15, 0.2) is 36.4 Å². The molecule has 1 saturated heterocycles. The lowest BCUT2D eigenvalue weighted by molar-refractivity contribution is -0.122. The summed E-state index contributed by atoms with van der Waals surface area (Å²) in [6.07, 6.45) is 1.92. The van der Waals surface area contributed by atoms with Gasteiger partial charge in [0, 0.05) is 25.3 Å². The Kier molecular flexibility index (Phi) is 5.31. The largest absolute Gasteiger partial charge is 0.354 e. The molecule has 1 aromatic carbocycles. The van der Waals surface area contributed by atoms with Crippen LogP contribution in [0.4, 0.5) is 11.5 Å². The van der Waals surface area contributed by atoms with E-state index in [0.717, 1.165) is 42.1 Å². The first kappa shape index (κ1) is 17.4. The minimum absolute atomic E-state index is 0.00332. The zero-order chi connectivity index (χ0) is 17.8. The fraction of sp³-hybridized carbons (Fsp3) is 0.450. The second kappa shape index (κ2) is 7.64. The van der Waals surface area contributed by atoms with E-state index in [4.69, 9.17) is 0 Å². The molecule has 5 heteroatoms. The molecule has 25 heavy (non-hydrogen) atoms. The molecule has 132 valence electrons. The summed E-state index contributed by atoms with van der Waals surface area (Å²) in [6, 6.07) is 12.1. The number of anilines is 2. The van der Waals surface area contributed by atoms with Crippen LogP contribution in [0.2, 0.25) is 0 Å². The number of carbonyl (C=O) groups excluding carboxylic acids is 1. The average molecular weight is 338 g/mol. The quantitative estimate of drug-likeness (QED) is 0.858. The molecule has 2 aromatic rings. The SMILES string of the molecule is CCN(C(=O)C1CCCN(c2ccc(C)nn2)C1)c1ccccc1C. The predicted octanol–water partition coefficient (Wildman–Crippen LogP) is 3.36. The number of para-hydroxylation sites is 1. The standard InChI is InChI=1S/C20H26N4O/c1-4-24(18-10-6-5-8-15(18)2)20(25)17-9-7-13-23(14-17)19-12-11-16(3)21-22-19/h5-6,8,10-12,17H,4,7,9,13-14H2,1-3H3. The lowest BCUT2D eigenvalue weighted by atomic mass is 9.96. The maximum atomic E-state index is 13.2. The number of carbonyl (C=O) groups is 1. The van der Waals surface area contributed by atoms with Crippen molar-refractivity contribution in [2.45, 2.75) is 33.6 Å². The van der Waals surface area contributed by atoms with Gasteiger partial charge in [0.1, 0.15) is 0 Å². The van der Waals surface area contributed by atoms with Gasteiger partial charge in [0.2, 0.25) is 5.91 Å². The highest BCUT2D eigenvalue weighted by Gasteiger charge is 2.30. The second-order valence-corrected chi connectivity index (χ2v) is 6.69. The Morgan fingerprint density at radius 1 is 1.20 bits per heavy atom. The molecular formula is C20H26N4O. The first-order chi connectivity index (χ1) is 12.1. The van der Waals surface area contributed by atoms with Crippen molar-refractivity contribution in [3.05, 3.63) is 47.7 Å². The van der Waals surface area contributed by atoms with Gasteiger partial charge in [-0.15, -0.1) is 5.10 Å². The van der Waals surface area contributed by atoms with E-state index < -0.39 is 0 Å². The van der Waals surface area contributed by atoms with E-state index in [1.54, 1.807) is 0 Å². The minimum Gasteiger partial charge on any atom is -0.354 e. The Bertz CT molecular complexity index is 729. The maximum absolute atomic E-state index is 13.2. The molecule has 5 nitrogen and oxygen atoms in total. The first-order valence-corrected chi connectivity index (χ1v) is 9.02. The molecule has 0 bridgehead atoms. The van der Waals surface area contributed by atoms with E-state index in [1.165, 1.54) is 0 Å². The molecule has 0 radical (unpaired) electrons. The van der Waals surface area contributed by atoms with E-state index >= 15 is 0 Å². The molecule has 3 rings (SSSR count). The van der Waals surface area contributed by atoms with Crippen LogP contribution in [0, 0.1) is 19.8 Å². The van der Waals surface area contributed by atoms with Crippen molar-refractivity contribution in [3.8, 4) is 0 Å². The van der Waals surface area contributed by atoms with Gasteiger partial charge in [-0.2, -0.15) is 5.10 Å².